The van der Waals surface area contributed by atoms with Gasteiger partial charge in [0.2, 0.25) is 0 Å². The van der Waals surface area contributed by atoms with Crippen molar-refractivity contribution in [2.75, 3.05) is 0 Å². The Kier molecular flexibility index (Phi) is 11.3. The van der Waals surface area contributed by atoms with Crippen LogP contribution in [0.1, 0.15) is 37.8 Å². The Bertz CT molecular complexity index is 382. The maximum atomic E-state index is 13.9. The van der Waals surface area contributed by atoms with E-state index in [1.165, 1.54) is 0 Å². The van der Waals surface area contributed by atoms with Gasteiger partial charge in [-0.15, -0.1) is 24.8 Å². The van der Waals surface area contributed by atoms with E-state index < -0.39 is 18.3 Å². The molecule has 0 amide bonds. The normalized spacial score (nSPS) is 8.94. The average Bonchev–Trinajstić information content (AvgIpc) is 2.17. The third-order valence-electron chi connectivity index (χ3n) is 2.53. The molecule has 104 valence electrons. The fourth-order valence-corrected chi connectivity index (χ4v) is 3.30. The summed E-state index contributed by atoms with van der Waals surface area (Å²) in [5.74, 6) is 0.689. The van der Waals surface area contributed by atoms with Gasteiger partial charge >= 0.3 is 104 Å². The largest absolute Gasteiger partial charge is 0.147 e. The predicted octanol–water partition coefficient (Wildman–Crippen LogP) is 4.94. The second kappa shape index (κ2) is 9.97. The number of hydrogen-bond acceptors (Lipinski definition) is 1. The van der Waals surface area contributed by atoms with Crippen LogP contribution in [0.15, 0.2) is 18.2 Å². The fraction of sp³-hybridized carbons (Fsp3) is 0.462. The van der Waals surface area contributed by atoms with Gasteiger partial charge in [0.25, 0.3) is 0 Å². The van der Waals surface area contributed by atoms with E-state index in [0.717, 1.165) is 27.8 Å². The van der Waals surface area contributed by atoms with E-state index >= 15 is 0 Å². The summed E-state index contributed by atoms with van der Waals surface area (Å²) in [6.45, 7) is 8.00. The second-order valence-corrected chi connectivity index (χ2v) is 6.29. The van der Waals surface area contributed by atoms with Gasteiger partial charge in [-0.05, 0) is 0 Å². The SMILES string of the molecule is CC[C](CC)=[Ti]([F])[O]c1cc(C)cc(C)c1.Cl.Cl. The number of rotatable bonds is 4. The zero-order valence-electron chi connectivity index (χ0n) is 11.2. The maximum Gasteiger partial charge on any atom is -0.147 e. The van der Waals surface area contributed by atoms with E-state index in [4.69, 9.17) is 3.32 Å². The smallest absolute Gasteiger partial charge is 0.147 e. The summed E-state index contributed by atoms with van der Waals surface area (Å²) in [5.41, 5.74) is 2.24. The monoisotopic (exact) mass is 330 g/mol. The molecule has 5 heteroatoms. The van der Waals surface area contributed by atoms with Crippen molar-refractivity contribution in [2.24, 2.45) is 0 Å². The van der Waals surface area contributed by atoms with Crippen LogP contribution < -0.4 is 3.32 Å². The molecule has 0 radical (unpaired) electrons. The van der Waals surface area contributed by atoms with Gasteiger partial charge in [-0.3, -0.25) is 0 Å². The van der Waals surface area contributed by atoms with Crippen molar-refractivity contribution < 1.29 is 24.7 Å². The molecular formula is C13H21Cl2FOTi. The molecule has 18 heavy (non-hydrogen) atoms. The Morgan fingerprint density at radius 3 is 1.89 bits per heavy atom. The van der Waals surface area contributed by atoms with E-state index in [1.807, 2.05) is 39.8 Å². The van der Waals surface area contributed by atoms with Crippen LogP contribution in [0.5, 0.6) is 5.75 Å². The van der Waals surface area contributed by atoms with Crippen molar-refractivity contribution in [3.8, 4) is 5.75 Å². The molecule has 0 aromatic heterocycles. The molecule has 1 rings (SSSR count). The molecule has 0 bridgehead atoms. The summed E-state index contributed by atoms with van der Waals surface area (Å²) in [6, 6.07) is 5.88. The van der Waals surface area contributed by atoms with E-state index in [0.29, 0.717) is 5.75 Å². The second-order valence-electron chi connectivity index (χ2n) is 4.01. The first-order chi connectivity index (χ1) is 7.56. The first-order valence-corrected chi connectivity index (χ1v) is 7.71. The summed E-state index contributed by atoms with van der Waals surface area (Å²) in [7, 11) is 0. The van der Waals surface area contributed by atoms with Gasteiger partial charge in [0.05, 0.1) is 0 Å². The fourth-order valence-electron chi connectivity index (χ4n) is 1.70. The van der Waals surface area contributed by atoms with E-state index in [9.17, 15) is 3.09 Å². The summed E-state index contributed by atoms with van der Waals surface area (Å²) in [5, 5.41) is 0. The minimum atomic E-state index is -2.95. The maximum absolute atomic E-state index is 13.9. The molecule has 0 unspecified atom stereocenters. The van der Waals surface area contributed by atoms with E-state index in [2.05, 4.69) is 6.07 Å². The molecule has 1 nitrogen and oxygen atoms in total. The molecule has 0 aliphatic heterocycles. The third kappa shape index (κ3) is 6.33. The standard InChI is InChI=1S/C8H10O.C5H10.2ClH.FH.Ti/c1-6-3-7(2)5-8(9)4-6;1-3-5-4-2;;;;/h3-5,9H,1-2H3;3-4H2,1-2H3;3*1H;/q;;;;;+2/p-2. The summed E-state index contributed by atoms with van der Waals surface area (Å²) in [4.78, 5) is 0. The van der Waals surface area contributed by atoms with Crippen LogP contribution >= 0.6 is 24.8 Å². The third-order valence-corrected chi connectivity index (χ3v) is 5.15. The van der Waals surface area contributed by atoms with Crippen molar-refractivity contribution >= 4 is 28.6 Å². The molecular weight excluding hydrogens is 310 g/mol. The van der Waals surface area contributed by atoms with Crippen molar-refractivity contribution in [3.63, 3.8) is 0 Å². The van der Waals surface area contributed by atoms with E-state index in [-0.39, 0.29) is 24.8 Å². The Morgan fingerprint density at radius 1 is 1.06 bits per heavy atom. The van der Waals surface area contributed by atoms with Crippen LogP contribution in [0.25, 0.3) is 0 Å². The van der Waals surface area contributed by atoms with Gasteiger partial charge in [-0.2, -0.15) is 0 Å². The van der Waals surface area contributed by atoms with Crippen molar-refractivity contribution in [3.05, 3.63) is 29.3 Å². The molecule has 0 spiro atoms. The zero-order chi connectivity index (χ0) is 12.1. The Morgan fingerprint density at radius 2 is 1.50 bits per heavy atom. The van der Waals surface area contributed by atoms with Gasteiger partial charge in [0.1, 0.15) is 0 Å². The molecule has 1 aromatic carbocycles. The van der Waals surface area contributed by atoms with Gasteiger partial charge < -0.3 is 0 Å². The molecule has 0 saturated heterocycles. The molecule has 0 aliphatic rings. The molecule has 1 aromatic rings. The molecule has 0 fully saturated rings. The number of benzene rings is 1. The number of aryl methyl sites for hydroxylation is 2. The molecule has 0 saturated carbocycles. The van der Waals surface area contributed by atoms with Crippen molar-refractivity contribution in [1.82, 2.24) is 0 Å². The number of hydrogen-bond donors (Lipinski definition) is 0. The van der Waals surface area contributed by atoms with Gasteiger partial charge in [-0.25, -0.2) is 0 Å². The number of halogens is 3. The summed E-state index contributed by atoms with van der Waals surface area (Å²) >= 11 is -2.95. The average molecular weight is 331 g/mol. The van der Waals surface area contributed by atoms with Crippen LogP contribution in [-0.4, -0.2) is 3.81 Å². The van der Waals surface area contributed by atoms with Crippen LogP contribution in [0, 0.1) is 13.8 Å². The van der Waals surface area contributed by atoms with Gasteiger partial charge in [-0.1, -0.05) is 0 Å². The predicted molar refractivity (Wildman–Crippen MR) is 77.7 cm³/mol. The first kappa shape index (κ1) is 20.4. The minimum absolute atomic E-state index is 0. The Balaban J connectivity index is 0. The zero-order valence-corrected chi connectivity index (χ0v) is 14.4. The van der Waals surface area contributed by atoms with Crippen molar-refractivity contribution in [2.45, 2.75) is 40.5 Å². The van der Waals surface area contributed by atoms with Crippen LogP contribution in [0.4, 0.5) is 3.09 Å². The van der Waals surface area contributed by atoms with Crippen LogP contribution in [0.3, 0.4) is 0 Å². The van der Waals surface area contributed by atoms with Crippen LogP contribution in [0.2, 0.25) is 0 Å². The molecule has 0 heterocycles. The van der Waals surface area contributed by atoms with Gasteiger partial charge in [0.15, 0.2) is 0 Å². The molecule has 0 aliphatic carbocycles. The summed E-state index contributed by atoms with van der Waals surface area (Å²) in [6.07, 6.45) is 1.60. The topological polar surface area (TPSA) is 9.23 Å². The summed E-state index contributed by atoms with van der Waals surface area (Å²) < 4.78 is 20.4. The minimum Gasteiger partial charge on any atom is -0.147 e. The van der Waals surface area contributed by atoms with Crippen molar-refractivity contribution in [1.29, 1.82) is 0 Å². The Labute approximate surface area is 128 Å². The first-order valence-electron chi connectivity index (χ1n) is 5.70. The molecule has 0 N–H and O–H groups in total. The van der Waals surface area contributed by atoms with Crippen LogP contribution in [-0.2, 0) is 18.3 Å². The Hall–Kier alpha value is 0.114. The van der Waals surface area contributed by atoms with E-state index in [1.54, 1.807) is 0 Å². The quantitative estimate of drug-likeness (QED) is 0.711. The van der Waals surface area contributed by atoms with Gasteiger partial charge in [0, 0.05) is 0 Å². The molecule has 0 atom stereocenters.